The zero-order valence-corrected chi connectivity index (χ0v) is 12.1. The van der Waals surface area contributed by atoms with E-state index in [9.17, 15) is 8.42 Å². The second-order valence-electron chi connectivity index (χ2n) is 1.91. The van der Waals surface area contributed by atoms with Crippen LogP contribution in [0.15, 0.2) is 0 Å². The van der Waals surface area contributed by atoms with E-state index >= 15 is 0 Å². The molecule has 0 rings (SSSR count). The van der Waals surface area contributed by atoms with E-state index in [4.69, 9.17) is 14.8 Å². The Balaban J connectivity index is -0.0000000675. The van der Waals surface area contributed by atoms with Gasteiger partial charge in [-0.2, -0.15) is 8.42 Å². The van der Waals surface area contributed by atoms with E-state index in [1.165, 1.54) is 0 Å². The molecule has 8 heteroatoms. The second-order valence-corrected chi connectivity index (χ2v) is 3.48. The maximum atomic E-state index is 10.0. The molecule has 66 valence electrons. The van der Waals surface area contributed by atoms with Crippen molar-refractivity contribution in [2.45, 2.75) is 12.5 Å². The van der Waals surface area contributed by atoms with Crippen molar-refractivity contribution in [2.75, 3.05) is 12.4 Å². The van der Waals surface area contributed by atoms with Crippen LogP contribution in [-0.2, 0) is 10.1 Å². The Morgan fingerprint density at radius 3 is 2.00 bits per heavy atom. The van der Waals surface area contributed by atoms with Crippen molar-refractivity contribution in [1.29, 1.82) is 0 Å². The van der Waals surface area contributed by atoms with Gasteiger partial charge in [-0.1, -0.05) is 0 Å². The summed E-state index contributed by atoms with van der Waals surface area (Å²) >= 11 is 0. The fourth-order valence-corrected chi connectivity index (χ4v) is 0.946. The molecule has 0 amide bonds. The Labute approximate surface area is 119 Å². The van der Waals surface area contributed by atoms with Crippen LogP contribution < -0.4 is 59.1 Å². The largest absolute Gasteiger partial charge is 1.00 e. The molecule has 5 nitrogen and oxygen atoms in total. The van der Waals surface area contributed by atoms with E-state index in [0.29, 0.717) is 0 Å². The molecule has 0 spiro atoms. The normalized spacial score (nSPS) is 12.6. The average molecular weight is 218 g/mol. The minimum atomic E-state index is -4.00. The molecule has 0 aliphatic heterocycles. The van der Waals surface area contributed by atoms with Crippen LogP contribution in [0.25, 0.3) is 0 Å². The Kier molecular flexibility index (Phi) is 15.2. The zero-order chi connectivity index (χ0) is 8.20. The van der Waals surface area contributed by atoms with Gasteiger partial charge < -0.3 is 13.1 Å². The van der Waals surface area contributed by atoms with Crippen molar-refractivity contribution in [2.24, 2.45) is 0 Å². The Morgan fingerprint density at radius 1 is 1.33 bits per heavy atom. The summed E-state index contributed by atoms with van der Waals surface area (Å²) in [5.41, 5.74) is 0. The molecule has 0 heterocycles. The molecule has 0 aromatic carbocycles. The van der Waals surface area contributed by atoms with Crippen LogP contribution in [-0.4, -0.2) is 41.6 Å². The first-order valence-electron chi connectivity index (χ1n) is 2.70. The average Bonchev–Trinajstić information content (AvgIpc) is 1.81. The summed E-state index contributed by atoms with van der Waals surface area (Å²) in [6.45, 7) is -0.491. The molecule has 0 aromatic rings. The second kappa shape index (κ2) is 9.39. The number of aliphatic hydroxyl groups excluding tert-OH is 2. The molecule has 0 radical (unpaired) electrons. The molecule has 0 fully saturated rings. The number of hydrogen-bond acceptors (Lipinski definition) is 4. The SMILES string of the molecule is O=S(=O)(O)CCC(O)CO.[H-].[H-].[Na+].[Na+]. The Hall–Kier alpha value is 1.83. The fourth-order valence-electron chi connectivity index (χ4n) is 0.376. The molecule has 1 unspecified atom stereocenters. The van der Waals surface area contributed by atoms with Gasteiger partial charge in [0.25, 0.3) is 10.1 Å². The first-order valence-corrected chi connectivity index (χ1v) is 4.30. The summed E-state index contributed by atoms with van der Waals surface area (Å²) in [6, 6.07) is 0. The van der Waals surface area contributed by atoms with Gasteiger partial charge in [-0.05, 0) is 6.42 Å². The van der Waals surface area contributed by atoms with Gasteiger partial charge in [-0.25, -0.2) is 0 Å². The molecule has 0 saturated carbocycles. The van der Waals surface area contributed by atoms with Gasteiger partial charge in [0.2, 0.25) is 0 Å². The number of rotatable bonds is 4. The Morgan fingerprint density at radius 2 is 1.75 bits per heavy atom. The third-order valence-electron chi connectivity index (χ3n) is 0.920. The molecule has 0 saturated heterocycles. The van der Waals surface area contributed by atoms with Gasteiger partial charge in [0.1, 0.15) is 0 Å². The monoisotopic (exact) mass is 218 g/mol. The maximum Gasteiger partial charge on any atom is 1.00 e. The predicted molar refractivity (Wildman–Crippen MR) is 36.3 cm³/mol. The van der Waals surface area contributed by atoms with Gasteiger partial charge in [-0.15, -0.1) is 0 Å². The van der Waals surface area contributed by atoms with Crippen molar-refractivity contribution in [3.63, 3.8) is 0 Å². The summed E-state index contributed by atoms with van der Waals surface area (Å²) in [5.74, 6) is -0.519. The predicted octanol–water partition coefficient (Wildman–Crippen LogP) is -7.15. The van der Waals surface area contributed by atoms with Crippen molar-refractivity contribution < 1.29 is 85.2 Å². The van der Waals surface area contributed by atoms with Crippen LogP contribution in [0.4, 0.5) is 0 Å². The van der Waals surface area contributed by atoms with Crippen LogP contribution in [0.3, 0.4) is 0 Å². The summed E-state index contributed by atoms with van der Waals surface area (Å²) in [4.78, 5) is 0. The van der Waals surface area contributed by atoms with Gasteiger partial charge >= 0.3 is 59.1 Å². The van der Waals surface area contributed by atoms with E-state index < -0.39 is 28.6 Å². The first-order chi connectivity index (χ1) is 4.45. The van der Waals surface area contributed by atoms with Gasteiger partial charge in [0.15, 0.2) is 0 Å². The number of hydrogen-bond donors (Lipinski definition) is 3. The summed E-state index contributed by atoms with van der Waals surface area (Å²) in [5, 5.41) is 16.8. The summed E-state index contributed by atoms with van der Waals surface area (Å²) in [6.07, 6.45) is -1.21. The van der Waals surface area contributed by atoms with Crippen LogP contribution in [0, 0.1) is 0 Å². The Bertz CT molecular complexity index is 188. The quantitative estimate of drug-likeness (QED) is 0.322. The third kappa shape index (κ3) is 14.4. The van der Waals surface area contributed by atoms with Gasteiger partial charge in [0.05, 0.1) is 18.5 Å². The molecule has 12 heavy (non-hydrogen) atoms. The van der Waals surface area contributed by atoms with Crippen molar-refractivity contribution in [3.8, 4) is 0 Å². The van der Waals surface area contributed by atoms with E-state index in [1.54, 1.807) is 0 Å². The molecular formula is C4H12Na2O5S. The molecule has 1 atom stereocenters. The van der Waals surface area contributed by atoms with E-state index in [0.717, 1.165) is 0 Å². The smallest absolute Gasteiger partial charge is 1.00 e. The van der Waals surface area contributed by atoms with E-state index in [-0.39, 0.29) is 68.4 Å². The minimum Gasteiger partial charge on any atom is -1.00 e. The van der Waals surface area contributed by atoms with Crippen LogP contribution in [0.1, 0.15) is 9.27 Å². The van der Waals surface area contributed by atoms with Gasteiger partial charge in [-0.3, -0.25) is 4.55 Å². The summed E-state index contributed by atoms with van der Waals surface area (Å²) < 4.78 is 28.2. The standard InChI is InChI=1S/C4H10O5S.2Na.2H/c5-3-4(6)1-2-10(7,8)9;;;;/h4-6H,1-3H2,(H,7,8,9);;;;/q;2*+1;2*-1. The topological polar surface area (TPSA) is 94.8 Å². The van der Waals surface area contributed by atoms with Crippen molar-refractivity contribution in [3.05, 3.63) is 0 Å². The molecule has 0 bridgehead atoms. The fraction of sp³-hybridized carbons (Fsp3) is 1.00. The van der Waals surface area contributed by atoms with Crippen molar-refractivity contribution >= 4 is 10.1 Å². The molecular weight excluding hydrogens is 206 g/mol. The van der Waals surface area contributed by atoms with Gasteiger partial charge in [0, 0.05) is 0 Å². The van der Waals surface area contributed by atoms with Crippen LogP contribution in [0.2, 0.25) is 0 Å². The van der Waals surface area contributed by atoms with E-state index in [2.05, 4.69) is 0 Å². The molecule has 0 aliphatic carbocycles. The third-order valence-corrected chi connectivity index (χ3v) is 1.67. The van der Waals surface area contributed by atoms with Crippen LogP contribution >= 0.6 is 0 Å². The van der Waals surface area contributed by atoms with E-state index in [1.807, 2.05) is 0 Å². The first kappa shape index (κ1) is 19.4. The molecule has 0 aliphatic rings. The maximum absolute atomic E-state index is 10.0. The number of aliphatic hydroxyl groups is 2. The summed E-state index contributed by atoms with van der Waals surface area (Å²) in [7, 11) is -4.00. The molecule has 0 aromatic heterocycles. The minimum absolute atomic E-state index is 0. The van der Waals surface area contributed by atoms with Crippen molar-refractivity contribution in [1.82, 2.24) is 0 Å². The molecule has 3 N–H and O–H groups in total. The zero-order valence-electron chi connectivity index (χ0n) is 9.27. The van der Waals surface area contributed by atoms with Crippen LogP contribution in [0.5, 0.6) is 0 Å².